The van der Waals surface area contributed by atoms with Crippen molar-refractivity contribution in [1.29, 1.82) is 0 Å². The van der Waals surface area contributed by atoms with E-state index in [1.807, 2.05) is 36.4 Å². The van der Waals surface area contributed by atoms with E-state index in [2.05, 4.69) is 25.6 Å². The Morgan fingerprint density at radius 2 is 2.04 bits per heavy atom. The van der Waals surface area contributed by atoms with Crippen LogP contribution in [0.2, 0.25) is 0 Å². The Labute approximate surface area is 139 Å². The van der Waals surface area contributed by atoms with Gasteiger partial charge in [0.05, 0.1) is 5.39 Å². The maximum absolute atomic E-state index is 12.4. The zero-order valence-corrected chi connectivity index (χ0v) is 13.2. The molecule has 0 bridgehead atoms. The predicted molar refractivity (Wildman–Crippen MR) is 95.1 cm³/mol. The number of piperidine rings is 1. The van der Waals surface area contributed by atoms with Crippen molar-refractivity contribution in [3.05, 3.63) is 53.1 Å². The van der Waals surface area contributed by atoms with Crippen molar-refractivity contribution in [2.75, 3.05) is 18.4 Å². The number of aromatic nitrogens is 3. The first-order valence-corrected chi connectivity index (χ1v) is 8.22. The van der Waals surface area contributed by atoms with Crippen LogP contribution in [0.25, 0.3) is 22.2 Å². The molecule has 2 aromatic heterocycles. The molecular formula is C18H19N5O. The molecule has 1 aliphatic rings. The lowest BCUT2D eigenvalue weighted by atomic mass is 10.1. The summed E-state index contributed by atoms with van der Waals surface area (Å²) in [5.41, 5.74) is 1.93. The Balaban J connectivity index is 1.79. The molecule has 1 atom stereocenters. The van der Waals surface area contributed by atoms with Gasteiger partial charge < -0.3 is 15.6 Å². The average Bonchev–Trinajstić information content (AvgIpc) is 2.63. The molecule has 3 heterocycles. The highest BCUT2D eigenvalue weighted by Gasteiger charge is 2.16. The van der Waals surface area contributed by atoms with E-state index in [9.17, 15) is 4.79 Å². The molecular weight excluding hydrogens is 302 g/mol. The van der Waals surface area contributed by atoms with Crippen LogP contribution in [0.5, 0.6) is 0 Å². The number of nitrogens with one attached hydrogen (secondary N) is 3. The summed E-state index contributed by atoms with van der Waals surface area (Å²) in [7, 11) is 0. The third kappa shape index (κ3) is 2.88. The van der Waals surface area contributed by atoms with E-state index < -0.39 is 0 Å². The van der Waals surface area contributed by atoms with Crippen molar-refractivity contribution < 1.29 is 0 Å². The summed E-state index contributed by atoms with van der Waals surface area (Å²) in [6.45, 7) is 1.98. The quantitative estimate of drug-likeness (QED) is 0.688. The van der Waals surface area contributed by atoms with Crippen molar-refractivity contribution in [2.45, 2.75) is 18.9 Å². The third-order valence-electron chi connectivity index (χ3n) is 4.37. The number of anilines is 1. The second-order valence-corrected chi connectivity index (χ2v) is 6.05. The molecule has 6 heteroatoms. The summed E-state index contributed by atoms with van der Waals surface area (Å²) in [5.74, 6) is 0.766. The summed E-state index contributed by atoms with van der Waals surface area (Å²) in [6, 6.07) is 11.9. The van der Waals surface area contributed by atoms with Gasteiger partial charge >= 0.3 is 0 Å². The third-order valence-corrected chi connectivity index (χ3v) is 4.37. The molecule has 0 unspecified atom stereocenters. The van der Waals surface area contributed by atoms with Gasteiger partial charge in [-0.15, -0.1) is 0 Å². The summed E-state index contributed by atoms with van der Waals surface area (Å²) in [5, 5.41) is 7.71. The number of nitrogens with zero attached hydrogens (tertiary/aromatic N) is 2. The highest BCUT2D eigenvalue weighted by atomic mass is 16.1. The molecule has 4 rings (SSSR count). The molecule has 0 aliphatic carbocycles. The maximum atomic E-state index is 12.4. The molecule has 6 nitrogen and oxygen atoms in total. The first-order valence-electron chi connectivity index (χ1n) is 8.22. The van der Waals surface area contributed by atoms with E-state index in [4.69, 9.17) is 0 Å². The molecule has 0 saturated carbocycles. The molecule has 122 valence electrons. The Morgan fingerprint density at radius 1 is 1.17 bits per heavy atom. The van der Waals surface area contributed by atoms with Crippen molar-refractivity contribution in [2.24, 2.45) is 0 Å². The lowest BCUT2D eigenvalue weighted by molar-refractivity contribution is 0.479. The molecule has 1 saturated heterocycles. The Hall–Kier alpha value is -2.73. The molecule has 1 aromatic carbocycles. The van der Waals surface area contributed by atoms with Crippen LogP contribution in [-0.2, 0) is 0 Å². The first kappa shape index (κ1) is 14.8. The van der Waals surface area contributed by atoms with E-state index in [-0.39, 0.29) is 5.56 Å². The number of pyridine rings is 1. The van der Waals surface area contributed by atoms with Crippen molar-refractivity contribution in [3.63, 3.8) is 0 Å². The van der Waals surface area contributed by atoms with Crippen molar-refractivity contribution in [1.82, 2.24) is 20.3 Å². The zero-order chi connectivity index (χ0) is 16.4. The van der Waals surface area contributed by atoms with E-state index in [0.717, 1.165) is 42.7 Å². The van der Waals surface area contributed by atoms with Crippen LogP contribution in [-0.4, -0.2) is 34.1 Å². The summed E-state index contributed by atoms with van der Waals surface area (Å²) in [4.78, 5) is 23.9. The molecule has 1 aliphatic heterocycles. The minimum Gasteiger partial charge on any atom is -0.365 e. The van der Waals surface area contributed by atoms with Crippen LogP contribution < -0.4 is 16.2 Å². The fourth-order valence-corrected chi connectivity index (χ4v) is 3.13. The van der Waals surface area contributed by atoms with E-state index in [1.165, 1.54) is 6.33 Å². The zero-order valence-electron chi connectivity index (χ0n) is 13.2. The highest BCUT2D eigenvalue weighted by Crippen LogP contribution is 2.23. The number of benzene rings is 1. The number of aromatic amines is 1. The van der Waals surface area contributed by atoms with Gasteiger partial charge in [-0.1, -0.05) is 30.3 Å². The highest BCUT2D eigenvalue weighted by molar-refractivity contribution is 5.89. The monoisotopic (exact) mass is 321 g/mol. The van der Waals surface area contributed by atoms with E-state index in [0.29, 0.717) is 17.3 Å². The van der Waals surface area contributed by atoms with Gasteiger partial charge in [0.15, 0.2) is 0 Å². The molecule has 24 heavy (non-hydrogen) atoms. The van der Waals surface area contributed by atoms with Crippen LogP contribution in [0.3, 0.4) is 0 Å². The fourth-order valence-electron chi connectivity index (χ4n) is 3.13. The number of fused-ring (bicyclic) bond motifs is 1. The van der Waals surface area contributed by atoms with Gasteiger partial charge in [0.2, 0.25) is 0 Å². The molecule has 0 spiro atoms. The summed E-state index contributed by atoms with van der Waals surface area (Å²) >= 11 is 0. The largest absolute Gasteiger partial charge is 0.365 e. The lowest BCUT2D eigenvalue weighted by Crippen LogP contribution is -2.38. The molecule has 0 radical (unpaired) electrons. The molecule has 1 fully saturated rings. The minimum atomic E-state index is -0.141. The molecule has 3 N–H and O–H groups in total. The first-order chi connectivity index (χ1) is 11.8. The van der Waals surface area contributed by atoms with Crippen LogP contribution in [0.4, 0.5) is 5.82 Å². The Bertz CT molecular complexity index is 900. The van der Waals surface area contributed by atoms with Crippen molar-refractivity contribution >= 4 is 16.9 Å². The van der Waals surface area contributed by atoms with Crippen molar-refractivity contribution in [3.8, 4) is 11.1 Å². The van der Waals surface area contributed by atoms with Gasteiger partial charge in [0, 0.05) is 18.2 Å². The number of hydrogen-bond donors (Lipinski definition) is 3. The number of hydrogen-bond acceptors (Lipinski definition) is 5. The topological polar surface area (TPSA) is 82.7 Å². The lowest BCUT2D eigenvalue weighted by Gasteiger charge is -2.24. The van der Waals surface area contributed by atoms with Gasteiger partial charge in [0.25, 0.3) is 5.56 Å². The number of H-pyrrole nitrogens is 1. The Kier molecular flexibility index (Phi) is 3.96. The predicted octanol–water partition coefficient (Wildman–Crippen LogP) is 2.15. The SMILES string of the molecule is O=c1[nH]c2ncnc(N[C@@H]3CCCNC3)c2cc1-c1ccccc1. The van der Waals surface area contributed by atoms with Gasteiger partial charge in [-0.2, -0.15) is 0 Å². The van der Waals surface area contributed by atoms with Crippen LogP contribution in [0.15, 0.2) is 47.5 Å². The van der Waals surface area contributed by atoms with E-state index >= 15 is 0 Å². The van der Waals surface area contributed by atoms with Crippen LogP contribution >= 0.6 is 0 Å². The van der Waals surface area contributed by atoms with Gasteiger partial charge in [0.1, 0.15) is 17.8 Å². The minimum absolute atomic E-state index is 0.141. The average molecular weight is 321 g/mol. The summed E-state index contributed by atoms with van der Waals surface area (Å²) < 4.78 is 0. The van der Waals surface area contributed by atoms with Crippen LogP contribution in [0, 0.1) is 0 Å². The van der Waals surface area contributed by atoms with Gasteiger partial charge in [-0.3, -0.25) is 4.79 Å². The Morgan fingerprint density at radius 3 is 2.83 bits per heavy atom. The van der Waals surface area contributed by atoms with E-state index in [1.54, 1.807) is 0 Å². The molecule has 0 amide bonds. The summed E-state index contributed by atoms with van der Waals surface area (Å²) in [6.07, 6.45) is 3.74. The maximum Gasteiger partial charge on any atom is 0.257 e. The van der Waals surface area contributed by atoms with Gasteiger partial charge in [-0.25, -0.2) is 9.97 Å². The fraction of sp³-hybridized carbons (Fsp3) is 0.278. The molecule has 3 aromatic rings. The smallest absolute Gasteiger partial charge is 0.257 e. The van der Waals surface area contributed by atoms with Gasteiger partial charge in [-0.05, 0) is 31.0 Å². The number of rotatable bonds is 3. The normalized spacial score (nSPS) is 17.8. The second-order valence-electron chi connectivity index (χ2n) is 6.05. The van der Waals surface area contributed by atoms with Crippen LogP contribution in [0.1, 0.15) is 12.8 Å². The second kappa shape index (κ2) is 6.41. The standard InChI is InChI=1S/C18H19N5O/c24-18-14(12-5-2-1-3-6-12)9-15-16(20-11-21-17(15)23-18)22-13-7-4-8-19-10-13/h1-3,5-6,9,11,13,19H,4,7-8,10H2,(H2,20,21,22,23,24)/t13-/m1/s1.